The van der Waals surface area contributed by atoms with E-state index < -0.39 is 0 Å². The largest absolute Gasteiger partial charge is 0.339 e. The molecule has 0 fully saturated rings. The van der Waals surface area contributed by atoms with Gasteiger partial charge in [-0.2, -0.15) is 15.3 Å². The lowest BCUT2D eigenvalue weighted by Gasteiger charge is -2.02. The van der Waals surface area contributed by atoms with Crippen molar-refractivity contribution in [3.05, 3.63) is 35.2 Å². The second kappa shape index (κ2) is 8.77. The lowest BCUT2D eigenvalue weighted by molar-refractivity contribution is 0.378. The normalized spacial score (nSPS) is 10.9. The van der Waals surface area contributed by atoms with Gasteiger partial charge in [-0.25, -0.2) is 9.97 Å². The van der Waals surface area contributed by atoms with Crippen LogP contribution in [0, 0.1) is 25.2 Å². The fourth-order valence-electron chi connectivity index (χ4n) is 2.87. The van der Waals surface area contributed by atoms with E-state index in [2.05, 4.69) is 38.2 Å². The fraction of sp³-hybridized carbons (Fsp3) is 0.444. The Morgan fingerprint density at radius 3 is 2.81 bits per heavy atom. The first-order chi connectivity index (χ1) is 13.1. The van der Waals surface area contributed by atoms with E-state index in [0.717, 1.165) is 34.2 Å². The summed E-state index contributed by atoms with van der Waals surface area (Å²) in [5.41, 5.74) is 3.87. The zero-order valence-corrected chi connectivity index (χ0v) is 16.5. The maximum absolute atomic E-state index is 8.77. The van der Waals surface area contributed by atoms with Gasteiger partial charge < -0.3 is 4.52 Å². The van der Waals surface area contributed by atoms with Crippen molar-refractivity contribution in [1.29, 1.82) is 5.26 Å². The van der Waals surface area contributed by atoms with Gasteiger partial charge >= 0.3 is 0 Å². The van der Waals surface area contributed by atoms with E-state index >= 15 is 0 Å². The first kappa shape index (κ1) is 19.0. The van der Waals surface area contributed by atoms with Gasteiger partial charge in [0.05, 0.1) is 24.7 Å². The lowest BCUT2D eigenvalue weighted by atomic mass is 10.1. The molecule has 3 heterocycles. The molecule has 9 heteroatoms. The molecule has 0 aliphatic heterocycles. The molecule has 3 rings (SSSR count). The maximum atomic E-state index is 8.77. The Morgan fingerprint density at radius 2 is 2.04 bits per heavy atom. The molecular formula is C18H21N7OS. The summed E-state index contributed by atoms with van der Waals surface area (Å²) in [6, 6.07) is 2.15. The smallest absolute Gasteiger partial charge is 0.227 e. The molecule has 3 aromatic rings. The van der Waals surface area contributed by atoms with E-state index in [1.54, 1.807) is 24.2 Å². The molecule has 0 bridgehead atoms. The van der Waals surface area contributed by atoms with Gasteiger partial charge in [-0.15, -0.1) is 11.8 Å². The number of thioether (sulfide) groups is 1. The summed E-state index contributed by atoms with van der Waals surface area (Å²) in [5.74, 6) is 1.92. The van der Waals surface area contributed by atoms with Crippen LogP contribution in [0.4, 0.5) is 0 Å². The number of nitriles is 1. The summed E-state index contributed by atoms with van der Waals surface area (Å²) >= 11 is 1.60. The van der Waals surface area contributed by atoms with Gasteiger partial charge in [-0.1, -0.05) is 12.1 Å². The lowest BCUT2D eigenvalue weighted by Crippen LogP contribution is -2.02. The molecule has 0 aliphatic rings. The highest BCUT2D eigenvalue weighted by Crippen LogP contribution is 2.25. The van der Waals surface area contributed by atoms with Crippen LogP contribution in [-0.4, -0.2) is 35.6 Å². The fourth-order valence-corrected chi connectivity index (χ4v) is 3.56. The standard InChI is InChI=1S/C18H21N7OS/c1-4-27-18-16(20-9-10-21-18)17-22-15(26-24-17)7-6-14-12(2)23-25(13(14)3)11-5-8-19/h9-10H,4-7,11H2,1-3H3. The summed E-state index contributed by atoms with van der Waals surface area (Å²) in [5, 5.41) is 18.2. The Balaban J connectivity index is 1.73. The van der Waals surface area contributed by atoms with Crippen molar-refractivity contribution < 1.29 is 4.52 Å². The Morgan fingerprint density at radius 1 is 1.22 bits per heavy atom. The van der Waals surface area contributed by atoms with Crippen LogP contribution < -0.4 is 0 Å². The number of aryl methyl sites for hydroxylation is 3. The molecule has 0 radical (unpaired) electrons. The Kier molecular flexibility index (Phi) is 6.19. The zero-order chi connectivity index (χ0) is 19.2. The van der Waals surface area contributed by atoms with Gasteiger partial charge in [0.25, 0.3) is 0 Å². The molecule has 0 amide bonds. The monoisotopic (exact) mass is 383 g/mol. The minimum absolute atomic E-state index is 0.449. The highest BCUT2D eigenvalue weighted by Gasteiger charge is 2.17. The molecule has 0 saturated heterocycles. The van der Waals surface area contributed by atoms with Crippen molar-refractivity contribution >= 4 is 11.8 Å². The van der Waals surface area contributed by atoms with E-state index in [0.29, 0.717) is 36.8 Å². The Labute approximate surface area is 162 Å². The van der Waals surface area contributed by atoms with Crippen LogP contribution in [0.2, 0.25) is 0 Å². The Hall–Kier alpha value is -2.73. The number of rotatable bonds is 8. The van der Waals surface area contributed by atoms with Gasteiger partial charge in [0.15, 0.2) is 0 Å². The summed E-state index contributed by atoms with van der Waals surface area (Å²) in [6.45, 7) is 6.68. The van der Waals surface area contributed by atoms with Crippen LogP contribution in [0.15, 0.2) is 21.9 Å². The van der Waals surface area contributed by atoms with Gasteiger partial charge in [-0.05, 0) is 31.6 Å². The van der Waals surface area contributed by atoms with Crippen molar-refractivity contribution in [2.45, 2.75) is 51.6 Å². The average Bonchev–Trinajstić information content (AvgIpc) is 3.24. The highest BCUT2D eigenvalue weighted by molar-refractivity contribution is 7.99. The summed E-state index contributed by atoms with van der Waals surface area (Å²) < 4.78 is 7.31. The topological polar surface area (TPSA) is 106 Å². The van der Waals surface area contributed by atoms with E-state index in [1.807, 2.05) is 18.5 Å². The first-order valence-corrected chi connectivity index (χ1v) is 9.79. The molecule has 8 nitrogen and oxygen atoms in total. The molecule has 3 aromatic heterocycles. The molecule has 27 heavy (non-hydrogen) atoms. The second-order valence-electron chi connectivity index (χ2n) is 5.94. The minimum atomic E-state index is 0.449. The van der Waals surface area contributed by atoms with E-state index in [1.165, 1.54) is 0 Å². The van der Waals surface area contributed by atoms with Gasteiger partial charge in [0.1, 0.15) is 10.7 Å². The highest BCUT2D eigenvalue weighted by atomic mass is 32.2. The number of aromatic nitrogens is 6. The molecule has 0 unspecified atom stereocenters. The number of hydrogen-bond donors (Lipinski definition) is 0. The molecule has 0 spiro atoms. The Bertz CT molecular complexity index is 957. The van der Waals surface area contributed by atoms with Crippen LogP contribution in [0.3, 0.4) is 0 Å². The first-order valence-electron chi connectivity index (χ1n) is 8.80. The molecule has 0 atom stereocenters. The third-order valence-electron chi connectivity index (χ3n) is 4.18. The van der Waals surface area contributed by atoms with Crippen molar-refractivity contribution in [2.75, 3.05) is 5.75 Å². The van der Waals surface area contributed by atoms with Crippen LogP contribution in [-0.2, 0) is 19.4 Å². The molecule has 0 aromatic carbocycles. The van der Waals surface area contributed by atoms with E-state index in [9.17, 15) is 0 Å². The predicted molar refractivity (Wildman–Crippen MR) is 101 cm³/mol. The van der Waals surface area contributed by atoms with Crippen molar-refractivity contribution in [3.63, 3.8) is 0 Å². The van der Waals surface area contributed by atoms with E-state index in [4.69, 9.17) is 9.78 Å². The molecule has 0 saturated carbocycles. The third-order valence-corrected chi connectivity index (χ3v) is 5.04. The van der Waals surface area contributed by atoms with Crippen LogP contribution >= 0.6 is 11.8 Å². The quantitative estimate of drug-likeness (QED) is 0.546. The molecule has 0 aliphatic carbocycles. The summed E-state index contributed by atoms with van der Waals surface area (Å²) in [7, 11) is 0. The van der Waals surface area contributed by atoms with Gasteiger partial charge in [0, 0.05) is 24.5 Å². The van der Waals surface area contributed by atoms with Crippen LogP contribution in [0.5, 0.6) is 0 Å². The summed E-state index contributed by atoms with van der Waals surface area (Å²) in [6.07, 6.45) is 5.12. The molecule has 140 valence electrons. The maximum Gasteiger partial charge on any atom is 0.227 e. The van der Waals surface area contributed by atoms with Crippen molar-refractivity contribution in [2.24, 2.45) is 0 Å². The van der Waals surface area contributed by atoms with Crippen molar-refractivity contribution in [1.82, 2.24) is 29.9 Å². The molecule has 0 N–H and O–H groups in total. The SMILES string of the molecule is CCSc1nccnc1-c1noc(CCc2c(C)nn(CCC#N)c2C)n1. The zero-order valence-electron chi connectivity index (χ0n) is 15.6. The second-order valence-corrected chi connectivity index (χ2v) is 7.19. The predicted octanol–water partition coefficient (Wildman–Crippen LogP) is 3.15. The number of nitrogens with zero attached hydrogens (tertiary/aromatic N) is 7. The third kappa shape index (κ3) is 4.34. The van der Waals surface area contributed by atoms with E-state index in [-0.39, 0.29) is 0 Å². The van der Waals surface area contributed by atoms with Crippen LogP contribution in [0.25, 0.3) is 11.5 Å². The minimum Gasteiger partial charge on any atom is -0.339 e. The summed E-state index contributed by atoms with van der Waals surface area (Å²) in [4.78, 5) is 13.2. The van der Waals surface area contributed by atoms with Gasteiger partial charge in [-0.3, -0.25) is 4.68 Å². The molecular weight excluding hydrogens is 362 g/mol. The number of hydrogen-bond acceptors (Lipinski definition) is 8. The average molecular weight is 383 g/mol. The van der Waals surface area contributed by atoms with Gasteiger partial charge in [0.2, 0.25) is 11.7 Å². The van der Waals surface area contributed by atoms with Crippen LogP contribution in [0.1, 0.15) is 36.2 Å². The van der Waals surface area contributed by atoms with Crippen molar-refractivity contribution in [3.8, 4) is 17.6 Å².